The van der Waals surface area contributed by atoms with Gasteiger partial charge < -0.3 is 10.1 Å². The highest BCUT2D eigenvalue weighted by Crippen LogP contribution is 2.31. The van der Waals surface area contributed by atoms with E-state index in [-0.39, 0.29) is 23.0 Å². The molecule has 0 aliphatic carbocycles. The number of anilines is 2. The van der Waals surface area contributed by atoms with Crippen LogP contribution in [0.2, 0.25) is 0 Å². The van der Waals surface area contributed by atoms with Crippen molar-refractivity contribution in [2.24, 2.45) is 0 Å². The maximum atomic E-state index is 13.3. The van der Waals surface area contributed by atoms with Crippen LogP contribution in [0, 0.1) is 0 Å². The molecule has 31 heavy (non-hydrogen) atoms. The Bertz CT molecular complexity index is 1140. The number of sulfonamides is 1. The minimum absolute atomic E-state index is 0.0654. The zero-order chi connectivity index (χ0) is 22.4. The second kappa shape index (κ2) is 9.66. The fraction of sp³-hybridized carbons (Fsp3) is 0.208. The van der Waals surface area contributed by atoms with Gasteiger partial charge in [0.15, 0.2) is 0 Å². The molecule has 6 nitrogen and oxygen atoms in total. The molecule has 0 radical (unpaired) electrons. The highest BCUT2D eigenvalue weighted by Gasteiger charge is 2.25. The molecule has 0 spiro atoms. The first-order valence-electron chi connectivity index (χ1n) is 10.1. The number of para-hydroxylation sites is 1. The van der Waals surface area contributed by atoms with E-state index in [1.165, 1.54) is 23.5 Å². The number of carbonyl (C=O) groups is 1. The van der Waals surface area contributed by atoms with Crippen LogP contribution in [-0.2, 0) is 16.4 Å². The summed E-state index contributed by atoms with van der Waals surface area (Å²) in [5, 5.41) is 2.78. The average Bonchev–Trinajstić information content (AvgIpc) is 2.80. The van der Waals surface area contributed by atoms with E-state index in [4.69, 9.17) is 4.74 Å². The Hall–Kier alpha value is -3.32. The van der Waals surface area contributed by atoms with Gasteiger partial charge in [-0.1, -0.05) is 37.3 Å². The summed E-state index contributed by atoms with van der Waals surface area (Å²) < 4.78 is 33.3. The summed E-state index contributed by atoms with van der Waals surface area (Å²) in [6, 6.07) is 20.6. The fourth-order valence-corrected chi connectivity index (χ4v) is 4.74. The van der Waals surface area contributed by atoms with E-state index in [1.54, 1.807) is 49.4 Å². The Balaban J connectivity index is 1.94. The Morgan fingerprint density at radius 1 is 0.968 bits per heavy atom. The minimum Gasteiger partial charge on any atom is -0.495 e. The number of benzene rings is 3. The molecule has 0 atom stereocenters. The maximum Gasteiger partial charge on any atom is 0.264 e. The molecule has 0 aromatic heterocycles. The molecular weight excluding hydrogens is 412 g/mol. The lowest BCUT2D eigenvalue weighted by Gasteiger charge is -2.23. The summed E-state index contributed by atoms with van der Waals surface area (Å²) in [4.78, 5) is 12.8. The van der Waals surface area contributed by atoms with Crippen LogP contribution in [0.1, 0.15) is 29.8 Å². The summed E-state index contributed by atoms with van der Waals surface area (Å²) in [6.45, 7) is 4.08. The zero-order valence-corrected chi connectivity index (χ0v) is 18.6. The van der Waals surface area contributed by atoms with E-state index in [2.05, 4.69) is 5.32 Å². The van der Waals surface area contributed by atoms with Gasteiger partial charge in [-0.15, -0.1) is 0 Å². The van der Waals surface area contributed by atoms with Gasteiger partial charge in [-0.3, -0.25) is 9.10 Å². The van der Waals surface area contributed by atoms with Crippen molar-refractivity contribution >= 4 is 27.3 Å². The Morgan fingerprint density at radius 3 is 2.23 bits per heavy atom. The first-order valence-corrected chi connectivity index (χ1v) is 11.5. The lowest BCUT2D eigenvalue weighted by Crippen LogP contribution is -2.30. The van der Waals surface area contributed by atoms with Crippen LogP contribution in [0.15, 0.2) is 77.7 Å². The van der Waals surface area contributed by atoms with Gasteiger partial charge in [0.2, 0.25) is 0 Å². The zero-order valence-electron chi connectivity index (χ0n) is 17.8. The molecule has 0 aliphatic heterocycles. The second-order valence-electron chi connectivity index (χ2n) is 6.87. The monoisotopic (exact) mass is 438 g/mol. The molecule has 3 aromatic carbocycles. The summed E-state index contributed by atoms with van der Waals surface area (Å²) in [7, 11) is -2.36. The largest absolute Gasteiger partial charge is 0.495 e. The van der Waals surface area contributed by atoms with Crippen molar-refractivity contribution in [2.75, 3.05) is 23.3 Å². The van der Waals surface area contributed by atoms with Gasteiger partial charge in [0.1, 0.15) is 5.75 Å². The van der Waals surface area contributed by atoms with Crippen LogP contribution >= 0.6 is 0 Å². The van der Waals surface area contributed by atoms with Crippen LogP contribution in [0.3, 0.4) is 0 Å². The van der Waals surface area contributed by atoms with Crippen molar-refractivity contribution in [3.63, 3.8) is 0 Å². The number of aryl methyl sites for hydroxylation is 1. The number of nitrogens with one attached hydrogen (secondary N) is 1. The normalized spacial score (nSPS) is 11.1. The van der Waals surface area contributed by atoms with E-state index in [9.17, 15) is 13.2 Å². The molecule has 0 bridgehead atoms. The molecule has 0 saturated carbocycles. The molecule has 0 aliphatic rings. The predicted octanol–water partition coefficient (Wildman–Crippen LogP) is 4.73. The number of amides is 1. The Labute approximate surface area is 183 Å². The predicted molar refractivity (Wildman–Crippen MR) is 123 cm³/mol. The van der Waals surface area contributed by atoms with Crippen molar-refractivity contribution in [1.82, 2.24) is 0 Å². The van der Waals surface area contributed by atoms with Gasteiger partial charge in [0.25, 0.3) is 15.9 Å². The molecule has 1 amide bonds. The van der Waals surface area contributed by atoms with Crippen LogP contribution < -0.4 is 14.4 Å². The SMILES string of the molecule is CCc1ccc(C(=O)Nc2cc(S(=O)(=O)N(CC)c3ccccc3)ccc2OC)cc1. The Morgan fingerprint density at radius 2 is 1.65 bits per heavy atom. The molecular formula is C24H26N2O4S. The number of nitrogens with zero attached hydrogens (tertiary/aromatic N) is 1. The first kappa shape index (κ1) is 22.4. The first-order chi connectivity index (χ1) is 14.9. The third-order valence-electron chi connectivity index (χ3n) is 4.96. The number of hydrogen-bond donors (Lipinski definition) is 1. The van der Waals surface area contributed by atoms with Gasteiger partial charge in [-0.2, -0.15) is 0 Å². The van der Waals surface area contributed by atoms with E-state index in [0.717, 1.165) is 12.0 Å². The van der Waals surface area contributed by atoms with Gasteiger partial charge in [-0.05, 0) is 61.4 Å². The Kier molecular flexibility index (Phi) is 6.97. The van der Waals surface area contributed by atoms with E-state index >= 15 is 0 Å². The summed E-state index contributed by atoms with van der Waals surface area (Å²) in [5.74, 6) is 0.0335. The molecule has 3 rings (SSSR count). The second-order valence-corrected chi connectivity index (χ2v) is 8.73. The van der Waals surface area contributed by atoms with Gasteiger partial charge in [0, 0.05) is 12.1 Å². The molecule has 0 heterocycles. The van der Waals surface area contributed by atoms with Crippen molar-refractivity contribution in [3.8, 4) is 5.75 Å². The summed E-state index contributed by atoms with van der Waals surface area (Å²) in [6.07, 6.45) is 0.880. The maximum absolute atomic E-state index is 13.3. The van der Waals surface area contributed by atoms with Crippen molar-refractivity contribution < 1.29 is 17.9 Å². The van der Waals surface area contributed by atoms with Gasteiger partial charge >= 0.3 is 0 Å². The minimum atomic E-state index is -3.83. The molecule has 7 heteroatoms. The third-order valence-corrected chi connectivity index (χ3v) is 6.86. The van der Waals surface area contributed by atoms with E-state index in [0.29, 0.717) is 17.0 Å². The van der Waals surface area contributed by atoms with Crippen molar-refractivity contribution in [3.05, 3.63) is 83.9 Å². The van der Waals surface area contributed by atoms with Gasteiger partial charge in [0.05, 0.1) is 23.4 Å². The molecule has 0 unspecified atom stereocenters. The number of hydrogen-bond acceptors (Lipinski definition) is 4. The van der Waals surface area contributed by atoms with Crippen LogP contribution in [0.25, 0.3) is 0 Å². The molecule has 0 saturated heterocycles. The topological polar surface area (TPSA) is 75.7 Å². The van der Waals surface area contributed by atoms with Crippen LogP contribution in [-0.4, -0.2) is 28.0 Å². The van der Waals surface area contributed by atoms with E-state index in [1.807, 2.05) is 25.1 Å². The lowest BCUT2D eigenvalue weighted by atomic mass is 10.1. The van der Waals surface area contributed by atoms with Crippen LogP contribution in [0.4, 0.5) is 11.4 Å². The number of rotatable bonds is 8. The van der Waals surface area contributed by atoms with Crippen molar-refractivity contribution in [2.45, 2.75) is 25.2 Å². The molecule has 162 valence electrons. The number of ether oxygens (including phenoxy) is 1. The van der Waals surface area contributed by atoms with Gasteiger partial charge in [-0.25, -0.2) is 8.42 Å². The highest BCUT2D eigenvalue weighted by molar-refractivity contribution is 7.92. The lowest BCUT2D eigenvalue weighted by molar-refractivity contribution is 0.102. The summed E-state index contributed by atoms with van der Waals surface area (Å²) >= 11 is 0. The summed E-state index contributed by atoms with van der Waals surface area (Å²) in [5.41, 5.74) is 2.47. The standard InChI is InChI=1S/C24H26N2O4S/c1-4-18-11-13-19(14-12-18)24(27)25-22-17-21(15-16-23(22)30-3)31(28,29)26(5-2)20-9-7-6-8-10-20/h6-17H,4-5H2,1-3H3,(H,25,27). The van der Waals surface area contributed by atoms with E-state index < -0.39 is 10.0 Å². The number of methoxy groups -OCH3 is 1. The quantitative estimate of drug-likeness (QED) is 0.552. The average molecular weight is 439 g/mol. The molecule has 0 fully saturated rings. The molecule has 3 aromatic rings. The highest BCUT2D eigenvalue weighted by atomic mass is 32.2. The van der Waals surface area contributed by atoms with Crippen molar-refractivity contribution in [1.29, 1.82) is 0 Å². The number of carbonyl (C=O) groups excluding carboxylic acids is 1. The third kappa shape index (κ3) is 4.88. The molecule has 1 N–H and O–H groups in total. The smallest absolute Gasteiger partial charge is 0.264 e. The fourth-order valence-electron chi connectivity index (χ4n) is 3.24. The van der Waals surface area contributed by atoms with Crippen LogP contribution in [0.5, 0.6) is 5.75 Å².